The second-order valence-corrected chi connectivity index (χ2v) is 6.60. The predicted octanol–water partition coefficient (Wildman–Crippen LogP) is 4.73. The number of aryl methyl sites for hydroxylation is 1. The summed E-state index contributed by atoms with van der Waals surface area (Å²) in [5.41, 5.74) is 4.16. The minimum absolute atomic E-state index is 0.203. The van der Waals surface area contributed by atoms with Crippen molar-refractivity contribution >= 4 is 0 Å². The largest absolute Gasteiger partial charge is 0.508 e. The zero-order valence-corrected chi connectivity index (χ0v) is 15.6. The Kier molecular flexibility index (Phi) is 5.64. The van der Waals surface area contributed by atoms with Gasteiger partial charge in [-0.2, -0.15) is 0 Å². The molecule has 132 valence electrons. The van der Waals surface area contributed by atoms with Gasteiger partial charge in [0.1, 0.15) is 17.2 Å². The van der Waals surface area contributed by atoms with E-state index < -0.39 is 5.60 Å². The Labute approximate surface area is 150 Å². The molecule has 25 heavy (non-hydrogen) atoms. The lowest BCUT2D eigenvalue weighted by Gasteiger charge is -2.26. The van der Waals surface area contributed by atoms with Crippen molar-refractivity contribution in [2.45, 2.75) is 46.1 Å². The van der Waals surface area contributed by atoms with Crippen molar-refractivity contribution in [3.05, 3.63) is 52.6 Å². The Bertz CT molecular complexity index is 784. The lowest BCUT2D eigenvalue weighted by Crippen LogP contribution is -2.31. The van der Waals surface area contributed by atoms with E-state index in [0.29, 0.717) is 12.2 Å². The fraction of sp³-hybridized carbons (Fsp3) is 0.364. The highest BCUT2D eigenvalue weighted by molar-refractivity contribution is 5.48. The van der Waals surface area contributed by atoms with Gasteiger partial charge < -0.3 is 14.6 Å². The zero-order chi connectivity index (χ0) is 18.6. The van der Waals surface area contributed by atoms with E-state index in [2.05, 4.69) is 32.8 Å². The first kappa shape index (κ1) is 18.7. The third kappa shape index (κ3) is 4.28. The first-order valence-corrected chi connectivity index (χ1v) is 8.39. The fourth-order valence-corrected chi connectivity index (χ4v) is 2.99. The second-order valence-electron chi connectivity index (χ2n) is 6.60. The molecule has 0 spiro atoms. The first-order valence-electron chi connectivity index (χ1n) is 8.39. The summed E-state index contributed by atoms with van der Waals surface area (Å²) in [6.45, 7) is 8.21. The van der Waals surface area contributed by atoms with Crippen LogP contribution in [0.3, 0.4) is 0 Å². The molecule has 3 nitrogen and oxygen atoms in total. The van der Waals surface area contributed by atoms with E-state index in [0.717, 1.165) is 17.7 Å². The summed E-state index contributed by atoms with van der Waals surface area (Å²) >= 11 is 0. The molecular weight excluding hydrogens is 312 g/mol. The smallest absolute Gasteiger partial charge is 0.166 e. The second kappa shape index (κ2) is 7.53. The number of hydrogen-bond acceptors (Lipinski definition) is 3. The maximum absolute atomic E-state index is 9.39. The van der Waals surface area contributed by atoms with Crippen LogP contribution in [0.4, 0.5) is 0 Å². The average molecular weight is 338 g/mol. The highest BCUT2D eigenvalue weighted by atomic mass is 16.5. The Morgan fingerprint density at radius 2 is 1.76 bits per heavy atom. The van der Waals surface area contributed by atoms with Crippen LogP contribution in [0, 0.1) is 33.1 Å². The van der Waals surface area contributed by atoms with Gasteiger partial charge in [0.15, 0.2) is 5.60 Å². The van der Waals surface area contributed by atoms with Crippen LogP contribution in [0.25, 0.3) is 0 Å². The molecule has 0 saturated carbocycles. The molecule has 0 aromatic heterocycles. The van der Waals surface area contributed by atoms with Crippen LogP contribution in [-0.2, 0) is 6.42 Å². The molecule has 1 N–H and O–H groups in total. The quantitative estimate of drug-likeness (QED) is 0.774. The van der Waals surface area contributed by atoms with Crippen LogP contribution in [0.2, 0.25) is 0 Å². The maximum Gasteiger partial charge on any atom is 0.166 e. The first-order chi connectivity index (χ1) is 11.8. The number of ether oxygens (including phenoxy) is 2. The van der Waals surface area contributed by atoms with Gasteiger partial charge in [-0.05, 0) is 86.7 Å². The van der Waals surface area contributed by atoms with E-state index in [9.17, 15) is 5.11 Å². The molecule has 0 amide bonds. The van der Waals surface area contributed by atoms with E-state index in [1.165, 1.54) is 16.7 Å². The molecule has 0 radical (unpaired) electrons. The molecule has 2 aromatic carbocycles. The van der Waals surface area contributed by atoms with Gasteiger partial charge in [0.05, 0.1) is 7.11 Å². The van der Waals surface area contributed by atoms with Crippen LogP contribution >= 0.6 is 0 Å². The lowest BCUT2D eigenvalue weighted by molar-refractivity contribution is 0.141. The summed E-state index contributed by atoms with van der Waals surface area (Å²) in [4.78, 5) is 0. The number of phenols is 1. The van der Waals surface area contributed by atoms with Gasteiger partial charge >= 0.3 is 0 Å². The summed E-state index contributed by atoms with van der Waals surface area (Å²) in [6, 6.07) is 8.70. The molecule has 1 atom stereocenters. The topological polar surface area (TPSA) is 38.7 Å². The third-order valence-corrected chi connectivity index (χ3v) is 4.77. The third-order valence-electron chi connectivity index (χ3n) is 4.77. The highest BCUT2D eigenvalue weighted by Gasteiger charge is 2.24. The van der Waals surface area contributed by atoms with E-state index in [4.69, 9.17) is 15.9 Å². The lowest BCUT2D eigenvalue weighted by atomic mass is 9.90. The Balaban J connectivity index is 2.19. The molecule has 0 aliphatic rings. The summed E-state index contributed by atoms with van der Waals surface area (Å²) < 4.78 is 11.5. The SMILES string of the molecule is C#CC(C)(CCc1c(C)cc(OC)c(C)c1C)Oc1ccc(O)cc1. The Morgan fingerprint density at radius 1 is 1.12 bits per heavy atom. The molecule has 0 heterocycles. The maximum atomic E-state index is 9.39. The standard InChI is InChI=1S/C22H26O3/c1-7-22(5,25-19-10-8-18(23)9-11-19)13-12-20-15(2)14-21(24-6)17(4)16(20)3/h1,8-11,14,23H,12-13H2,2-6H3. The van der Waals surface area contributed by atoms with Gasteiger partial charge in [0, 0.05) is 6.42 Å². The predicted molar refractivity (Wildman–Crippen MR) is 101 cm³/mol. The van der Waals surface area contributed by atoms with Crippen LogP contribution < -0.4 is 9.47 Å². The van der Waals surface area contributed by atoms with Gasteiger partial charge in [0.2, 0.25) is 0 Å². The van der Waals surface area contributed by atoms with Crippen molar-refractivity contribution in [2.24, 2.45) is 0 Å². The van der Waals surface area contributed by atoms with E-state index in [1.807, 2.05) is 6.92 Å². The van der Waals surface area contributed by atoms with Crippen LogP contribution in [0.15, 0.2) is 30.3 Å². The van der Waals surface area contributed by atoms with Crippen molar-refractivity contribution in [3.63, 3.8) is 0 Å². The van der Waals surface area contributed by atoms with Crippen LogP contribution in [-0.4, -0.2) is 17.8 Å². The van der Waals surface area contributed by atoms with E-state index in [1.54, 1.807) is 31.4 Å². The highest BCUT2D eigenvalue weighted by Crippen LogP contribution is 2.30. The molecule has 2 aromatic rings. The van der Waals surface area contributed by atoms with Crippen LogP contribution in [0.1, 0.15) is 35.6 Å². The van der Waals surface area contributed by atoms with Crippen molar-refractivity contribution in [3.8, 4) is 29.6 Å². The summed E-state index contributed by atoms with van der Waals surface area (Å²) in [6.07, 6.45) is 7.27. The molecule has 0 aliphatic heterocycles. The summed E-state index contributed by atoms with van der Waals surface area (Å²) in [5, 5.41) is 9.39. The van der Waals surface area contributed by atoms with Crippen molar-refractivity contribution in [1.82, 2.24) is 0 Å². The molecule has 3 heteroatoms. The minimum atomic E-state index is -0.719. The van der Waals surface area contributed by atoms with Gasteiger partial charge in [0.25, 0.3) is 0 Å². The van der Waals surface area contributed by atoms with Gasteiger partial charge in [-0.1, -0.05) is 5.92 Å². The molecule has 0 aliphatic carbocycles. The normalized spacial score (nSPS) is 13.0. The monoisotopic (exact) mass is 338 g/mol. The average Bonchev–Trinajstić information content (AvgIpc) is 2.60. The van der Waals surface area contributed by atoms with Crippen molar-refractivity contribution in [1.29, 1.82) is 0 Å². The van der Waals surface area contributed by atoms with Crippen molar-refractivity contribution in [2.75, 3.05) is 7.11 Å². The number of methoxy groups -OCH3 is 1. The van der Waals surface area contributed by atoms with Crippen LogP contribution in [0.5, 0.6) is 17.2 Å². The van der Waals surface area contributed by atoms with Gasteiger partial charge in [-0.25, -0.2) is 0 Å². The van der Waals surface area contributed by atoms with E-state index in [-0.39, 0.29) is 5.75 Å². The number of benzene rings is 2. The molecule has 0 fully saturated rings. The van der Waals surface area contributed by atoms with Crippen molar-refractivity contribution < 1.29 is 14.6 Å². The zero-order valence-electron chi connectivity index (χ0n) is 15.6. The summed E-state index contributed by atoms with van der Waals surface area (Å²) in [5.74, 6) is 4.55. The number of terminal acetylenes is 1. The Hall–Kier alpha value is -2.60. The van der Waals surface area contributed by atoms with Gasteiger partial charge in [-0.3, -0.25) is 0 Å². The molecular formula is C22H26O3. The number of hydrogen-bond donors (Lipinski definition) is 1. The Morgan fingerprint density at radius 3 is 2.32 bits per heavy atom. The number of rotatable bonds is 6. The number of phenolic OH excluding ortho intramolecular Hbond substituents is 1. The molecule has 0 saturated heterocycles. The molecule has 0 bridgehead atoms. The molecule has 2 rings (SSSR count). The van der Waals surface area contributed by atoms with E-state index >= 15 is 0 Å². The molecule has 1 unspecified atom stereocenters. The minimum Gasteiger partial charge on any atom is -0.508 e. The summed E-state index contributed by atoms with van der Waals surface area (Å²) in [7, 11) is 1.70. The number of aromatic hydroxyl groups is 1. The fourth-order valence-electron chi connectivity index (χ4n) is 2.99. The van der Waals surface area contributed by atoms with Gasteiger partial charge in [-0.15, -0.1) is 6.42 Å².